The molecule has 1 aliphatic rings. The summed E-state index contributed by atoms with van der Waals surface area (Å²) >= 11 is 0. The van der Waals surface area contributed by atoms with Gasteiger partial charge in [0.2, 0.25) is 0 Å². The topological polar surface area (TPSA) is 9.23 Å². The van der Waals surface area contributed by atoms with Gasteiger partial charge in [-0.25, -0.2) is 0 Å². The molecular formula is C7H10O. The Bertz CT molecular complexity index is 133. The summed E-state index contributed by atoms with van der Waals surface area (Å²) in [5, 5.41) is 0. The van der Waals surface area contributed by atoms with E-state index in [9.17, 15) is 0 Å². The SMILES string of the molecule is C=C1COCC1=CC. The van der Waals surface area contributed by atoms with E-state index in [1.165, 1.54) is 5.57 Å². The minimum absolute atomic E-state index is 0.722. The van der Waals surface area contributed by atoms with E-state index in [0.29, 0.717) is 0 Å². The first kappa shape index (κ1) is 5.57. The average molecular weight is 110 g/mol. The van der Waals surface area contributed by atoms with Gasteiger partial charge in [0.15, 0.2) is 0 Å². The predicted octanol–water partition coefficient (Wildman–Crippen LogP) is 1.52. The summed E-state index contributed by atoms with van der Waals surface area (Å²) in [5.74, 6) is 0. The van der Waals surface area contributed by atoms with Crippen LogP contribution in [0.2, 0.25) is 0 Å². The van der Waals surface area contributed by atoms with Crippen LogP contribution in [0, 0.1) is 0 Å². The second-order valence-electron chi connectivity index (χ2n) is 1.91. The molecule has 0 radical (unpaired) electrons. The van der Waals surface area contributed by atoms with Crippen LogP contribution in [0.3, 0.4) is 0 Å². The highest BCUT2D eigenvalue weighted by Gasteiger charge is 2.08. The highest BCUT2D eigenvalue weighted by molar-refractivity contribution is 5.31. The molecule has 0 N–H and O–H groups in total. The Hall–Kier alpha value is -0.560. The van der Waals surface area contributed by atoms with Crippen molar-refractivity contribution in [1.29, 1.82) is 0 Å². The molecule has 0 saturated carbocycles. The Morgan fingerprint density at radius 3 is 2.62 bits per heavy atom. The predicted molar refractivity (Wildman–Crippen MR) is 33.7 cm³/mol. The maximum Gasteiger partial charge on any atom is 0.0721 e. The molecule has 1 aliphatic heterocycles. The van der Waals surface area contributed by atoms with Crippen molar-refractivity contribution in [3.63, 3.8) is 0 Å². The third-order valence-corrected chi connectivity index (χ3v) is 1.34. The molecule has 1 fully saturated rings. The summed E-state index contributed by atoms with van der Waals surface area (Å²) in [4.78, 5) is 0. The van der Waals surface area contributed by atoms with E-state index in [-0.39, 0.29) is 0 Å². The third kappa shape index (κ3) is 0.819. The smallest absolute Gasteiger partial charge is 0.0721 e. The minimum Gasteiger partial charge on any atom is -0.372 e. The molecule has 0 aromatic rings. The fraction of sp³-hybridized carbons (Fsp3) is 0.429. The Morgan fingerprint density at radius 2 is 2.38 bits per heavy atom. The van der Waals surface area contributed by atoms with Gasteiger partial charge in [-0.2, -0.15) is 0 Å². The first-order valence-corrected chi connectivity index (χ1v) is 2.75. The van der Waals surface area contributed by atoms with Gasteiger partial charge >= 0.3 is 0 Å². The molecule has 0 aromatic heterocycles. The Kier molecular flexibility index (Phi) is 1.49. The molecule has 44 valence electrons. The van der Waals surface area contributed by atoms with Crippen LogP contribution >= 0.6 is 0 Å². The van der Waals surface area contributed by atoms with E-state index in [2.05, 4.69) is 12.7 Å². The van der Waals surface area contributed by atoms with Crippen molar-refractivity contribution in [2.24, 2.45) is 0 Å². The van der Waals surface area contributed by atoms with Crippen LogP contribution in [-0.4, -0.2) is 13.2 Å². The summed E-state index contributed by atoms with van der Waals surface area (Å²) in [6.07, 6.45) is 2.05. The van der Waals surface area contributed by atoms with E-state index < -0.39 is 0 Å². The second kappa shape index (κ2) is 2.14. The van der Waals surface area contributed by atoms with Crippen molar-refractivity contribution in [1.82, 2.24) is 0 Å². The third-order valence-electron chi connectivity index (χ3n) is 1.34. The largest absolute Gasteiger partial charge is 0.372 e. The molecule has 1 saturated heterocycles. The summed E-state index contributed by atoms with van der Waals surface area (Å²) in [6.45, 7) is 7.30. The van der Waals surface area contributed by atoms with Crippen LogP contribution in [0.25, 0.3) is 0 Å². The van der Waals surface area contributed by atoms with Crippen LogP contribution < -0.4 is 0 Å². The highest BCUT2D eigenvalue weighted by atomic mass is 16.5. The van der Waals surface area contributed by atoms with E-state index in [0.717, 1.165) is 18.8 Å². The van der Waals surface area contributed by atoms with Gasteiger partial charge in [0.1, 0.15) is 0 Å². The van der Waals surface area contributed by atoms with Crippen LogP contribution in [0.5, 0.6) is 0 Å². The van der Waals surface area contributed by atoms with Gasteiger partial charge in [-0.15, -0.1) is 0 Å². The molecule has 1 heteroatoms. The standard InChI is InChI=1S/C7H10O/c1-3-7-5-8-4-6(7)2/h3H,2,4-5H2,1H3. The van der Waals surface area contributed by atoms with Crippen molar-refractivity contribution < 1.29 is 4.74 Å². The molecule has 1 rings (SSSR count). The molecule has 0 spiro atoms. The number of hydrogen-bond donors (Lipinski definition) is 0. The van der Waals surface area contributed by atoms with E-state index in [4.69, 9.17) is 4.74 Å². The van der Waals surface area contributed by atoms with Gasteiger partial charge in [-0.1, -0.05) is 12.7 Å². The first-order chi connectivity index (χ1) is 3.84. The van der Waals surface area contributed by atoms with Crippen molar-refractivity contribution in [3.8, 4) is 0 Å². The lowest BCUT2D eigenvalue weighted by Crippen LogP contribution is -1.79. The Morgan fingerprint density at radius 1 is 1.62 bits per heavy atom. The van der Waals surface area contributed by atoms with Gasteiger partial charge in [0.25, 0.3) is 0 Å². The number of hydrogen-bond acceptors (Lipinski definition) is 1. The van der Waals surface area contributed by atoms with Crippen molar-refractivity contribution in [3.05, 3.63) is 23.8 Å². The van der Waals surface area contributed by atoms with Gasteiger partial charge in [0, 0.05) is 0 Å². The first-order valence-electron chi connectivity index (χ1n) is 2.75. The maximum atomic E-state index is 5.09. The summed E-state index contributed by atoms with van der Waals surface area (Å²) in [6, 6.07) is 0. The zero-order valence-corrected chi connectivity index (χ0v) is 5.11. The monoisotopic (exact) mass is 110 g/mol. The summed E-state index contributed by atoms with van der Waals surface area (Å²) in [5.41, 5.74) is 2.39. The van der Waals surface area contributed by atoms with Gasteiger partial charge in [-0.3, -0.25) is 0 Å². The van der Waals surface area contributed by atoms with Gasteiger partial charge in [0.05, 0.1) is 13.2 Å². The fourth-order valence-corrected chi connectivity index (χ4v) is 0.766. The van der Waals surface area contributed by atoms with Gasteiger partial charge in [-0.05, 0) is 18.1 Å². The lowest BCUT2D eigenvalue weighted by atomic mass is 10.2. The van der Waals surface area contributed by atoms with Crippen LogP contribution in [-0.2, 0) is 4.74 Å². The number of rotatable bonds is 0. The molecule has 0 unspecified atom stereocenters. The maximum absolute atomic E-state index is 5.09. The molecule has 1 heterocycles. The van der Waals surface area contributed by atoms with Crippen LogP contribution in [0.4, 0.5) is 0 Å². The second-order valence-corrected chi connectivity index (χ2v) is 1.91. The molecule has 0 aromatic carbocycles. The normalized spacial score (nSPS) is 25.1. The Balaban J connectivity index is 2.69. The van der Waals surface area contributed by atoms with Crippen LogP contribution in [0.1, 0.15) is 6.92 Å². The van der Waals surface area contributed by atoms with Crippen molar-refractivity contribution in [2.45, 2.75) is 6.92 Å². The molecule has 0 atom stereocenters. The van der Waals surface area contributed by atoms with E-state index in [1.807, 2.05) is 6.92 Å². The Labute approximate surface area is 49.7 Å². The minimum atomic E-state index is 0.722. The zero-order valence-electron chi connectivity index (χ0n) is 5.11. The highest BCUT2D eigenvalue weighted by Crippen LogP contribution is 2.15. The summed E-state index contributed by atoms with van der Waals surface area (Å²) in [7, 11) is 0. The van der Waals surface area contributed by atoms with E-state index in [1.54, 1.807) is 0 Å². The molecule has 0 amide bonds. The van der Waals surface area contributed by atoms with Crippen molar-refractivity contribution in [2.75, 3.05) is 13.2 Å². The quantitative estimate of drug-likeness (QED) is 0.459. The van der Waals surface area contributed by atoms with Gasteiger partial charge < -0.3 is 4.74 Å². The molecular weight excluding hydrogens is 100 g/mol. The van der Waals surface area contributed by atoms with Crippen molar-refractivity contribution >= 4 is 0 Å². The molecule has 1 nitrogen and oxygen atoms in total. The molecule has 8 heavy (non-hydrogen) atoms. The van der Waals surface area contributed by atoms with E-state index >= 15 is 0 Å². The zero-order chi connectivity index (χ0) is 5.98. The number of allylic oxidation sites excluding steroid dienone is 1. The average Bonchev–Trinajstić information content (AvgIpc) is 2.14. The number of ether oxygens (including phenoxy) is 1. The molecule has 0 bridgehead atoms. The molecule has 0 aliphatic carbocycles. The fourth-order valence-electron chi connectivity index (χ4n) is 0.766. The summed E-state index contributed by atoms with van der Waals surface area (Å²) < 4.78 is 5.09. The lowest BCUT2D eigenvalue weighted by Gasteiger charge is -1.88. The van der Waals surface area contributed by atoms with Crippen LogP contribution in [0.15, 0.2) is 23.8 Å². The lowest BCUT2D eigenvalue weighted by molar-refractivity contribution is 0.215.